The number of benzene rings is 1. The number of carbonyl (C=O) groups is 1. The third-order valence-electron chi connectivity index (χ3n) is 1.62. The zero-order valence-electron chi connectivity index (χ0n) is 7.80. The van der Waals surface area contributed by atoms with E-state index < -0.39 is 17.8 Å². The van der Waals surface area contributed by atoms with Gasteiger partial charge < -0.3 is 5.32 Å². The zero-order chi connectivity index (χ0) is 12.2. The molecule has 0 saturated carbocycles. The summed E-state index contributed by atoms with van der Waals surface area (Å²) in [6.07, 6.45) is -3.12. The summed E-state index contributed by atoms with van der Waals surface area (Å²) >= 11 is 0. The number of urea groups is 1. The van der Waals surface area contributed by atoms with E-state index in [2.05, 4.69) is 5.32 Å². The van der Waals surface area contributed by atoms with Crippen LogP contribution < -0.4 is 10.6 Å². The Labute approximate surface area is 88.7 Å². The average Bonchev–Trinajstić information content (AvgIpc) is 2.17. The van der Waals surface area contributed by atoms with Crippen LogP contribution in [0.1, 0.15) is 5.56 Å². The Kier molecular flexibility index (Phi) is 3.35. The van der Waals surface area contributed by atoms with Gasteiger partial charge in [-0.1, -0.05) is 6.07 Å². The van der Waals surface area contributed by atoms with Crippen LogP contribution in [-0.2, 0) is 6.18 Å². The van der Waals surface area contributed by atoms with Gasteiger partial charge in [0, 0.05) is 5.69 Å². The Morgan fingerprint density at radius 3 is 2.62 bits per heavy atom. The first-order valence-corrected chi connectivity index (χ1v) is 4.07. The number of hydrogen-bond acceptors (Lipinski definition) is 2. The molecule has 0 aliphatic rings. The summed E-state index contributed by atoms with van der Waals surface area (Å²) in [5.74, 6) is 0. The molecule has 0 heterocycles. The van der Waals surface area contributed by atoms with Gasteiger partial charge in [0.25, 0.3) is 0 Å². The quantitative estimate of drug-likeness (QED) is 0.573. The average molecular weight is 229 g/mol. The van der Waals surface area contributed by atoms with Gasteiger partial charge in [0.1, 0.15) is 0 Å². The Morgan fingerprint density at radius 1 is 1.38 bits per heavy atom. The molecule has 0 aliphatic carbocycles. The van der Waals surface area contributed by atoms with Gasteiger partial charge in [-0.25, -0.2) is 10.1 Å². The van der Waals surface area contributed by atoms with Crippen molar-refractivity contribution in [2.45, 2.75) is 6.18 Å². The van der Waals surface area contributed by atoms with Crippen LogP contribution in [-0.4, -0.2) is 6.03 Å². The van der Waals surface area contributed by atoms with Crippen LogP contribution in [0.3, 0.4) is 0 Å². The Bertz CT molecular complexity index is 436. The van der Waals surface area contributed by atoms with Crippen molar-refractivity contribution in [3.8, 4) is 6.19 Å². The summed E-state index contributed by atoms with van der Waals surface area (Å²) in [5, 5.41) is 11.9. The maximum absolute atomic E-state index is 12.3. The molecule has 1 aromatic carbocycles. The van der Waals surface area contributed by atoms with Crippen molar-refractivity contribution >= 4 is 11.7 Å². The second kappa shape index (κ2) is 4.53. The number of hydrogen-bond donors (Lipinski definition) is 2. The van der Waals surface area contributed by atoms with Gasteiger partial charge in [-0.05, 0) is 18.2 Å². The van der Waals surface area contributed by atoms with Crippen molar-refractivity contribution in [3.63, 3.8) is 0 Å². The SMILES string of the molecule is N#CNC(=O)Nc1cccc(C(F)(F)F)c1. The van der Waals surface area contributed by atoms with Crippen LogP contribution in [0.15, 0.2) is 24.3 Å². The monoisotopic (exact) mass is 229 g/mol. The third kappa shape index (κ3) is 3.16. The lowest BCUT2D eigenvalue weighted by Gasteiger charge is -2.08. The molecule has 4 nitrogen and oxygen atoms in total. The van der Waals surface area contributed by atoms with Gasteiger partial charge in [0.15, 0.2) is 6.19 Å². The maximum Gasteiger partial charge on any atom is 0.416 e. The van der Waals surface area contributed by atoms with Crippen molar-refractivity contribution < 1.29 is 18.0 Å². The van der Waals surface area contributed by atoms with Crippen LogP contribution >= 0.6 is 0 Å². The van der Waals surface area contributed by atoms with Gasteiger partial charge in [0.2, 0.25) is 0 Å². The van der Waals surface area contributed by atoms with Crippen LogP contribution in [0.4, 0.5) is 23.7 Å². The highest BCUT2D eigenvalue weighted by Crippen LogP contribution is 2.30. The second-order valence-corrected chi connectivity index (χ2v) is 2.77. The number of alkyl halides is 3. The van der Waals surface area contributed by atoms with Gasteiger partial charge in [-0.3, -0.25) is 0 Å². The Hall–Kier alpha value is -2.23. The predicted octanol–water partition coefficient (Wildman–Crippen LogP) is 2.31. The minimum Gasteiger partial charge on any atom is -0.307 e. The zero-order valence-corrected chi connectivity index (χ0v) is 7.80. The number of amides is 2. The van der Waals surface area contributed by atoms with Crippen molar-refractivity contribution in [2.24, 2.45) is 0 Å². The highest BCUT2D eigenvalue weighted by molar-refractivity contribution is 5.90. The van der Waals surface area contributed by atoms with E-state index in [1.165, 1.54) is 12.3 Å². The van der Waals surface area contributed by atoms with E-state index in [0.717, 1.165) is 18.2 Å². The van der Waals surface area contributed by atoms with Gasteiger partial charge in [0.05, 0.1) is 5.56 Å². The number of halogens is 3. The van der Waals surface area contributed by atoms with E-state index in [1.807, 2.05) is 0 Å². The maximum atomic E-state index is 12.3. The van der Waals surface area contributed by atoms with Gasteiger partial charge >= 0.3 is 12.2 Å². The van der Waals surface area contributed by atoms with Crippen molar-refractivity contribution in [1.82, 2.24) is 5.32 Å². The molecule has 0 atom stereocenters. The first kappa shape index (κ1) is 11.8. The number of nitriles is 1. The van der Waals surface area contributed by atoms with Crippen molar-refractivity contribution in [1.29, 1.82) is 5.26 Å². The molecule has 84 valence electrons. The molecule has 0 radical (unpaired) electrons. The number of nitrogens with one attached hydrogen (secondary N) is 2. The van der Waals surface area contributed by atoms with E-state index in [-0.39, 0.29) is 5.69 Å². The molecule has 0 unspecified atom stereocenters. The molecular formula is C9H6F3N3O. The predicted molar refractivity (Wildman–Crippen MR) is 49.2 cm³/mol. The van der Waals surface area contributed by atoms with E-state index >= 15 is 0 Å². The van der Waals surface area contributed by atoms with E-state index in [4.69, 9.17) is 5.26 Å². The fourth-order valence-corrected chi connectivity index (χ4v) is 0.986. The largest absolute Gasteiger partial charge is 0.416 e. The lowest BCUT2D eigenvalue weighted by atomic mass is 10.2. The number of nitrogens with zero attached hydrogens (tertiary/aromatic N) is 1. The fraction of sp³-hybridized carbons (Fsp3) is 0.111. The number of anilines is 1. The first-order valence-electron chi connectivity index (χ1n) is 4.07. The summed E-state index contributed by atoms with van der Waals surface area (Å²) in [6, 6.07) is 3.21. The van der Waals surface area contributed by atoms with E-state index in [0.29, 0.717) is 0 Å². The number of rotatable bonds is 1. The molecule has 16 heavy (non-hydrogen) atoms. The topological polar surface area (TPSA) is 64.9 Å². The summed E-state index contributed by atoms with van der Waals surface area (Å²) < 4.78 is 36.8. The molecule has 7 heteroatoms. The third-order valence-corrected chi connectivity index (χ3v) is 1.62. The summed E-state index contributed by atoms with van der Waals surface area (Å²) in [4.78, 5) is 10.8. The van der Waals surface area contributed by atoms with Crippen LogP contribution in [0.25, 0.3) is 0 Å². The lowest BCUT2D eigenvalue weighted by molar-refractivity contribution is -0.137. The standard InChI is InChI=1S/C9H6F3N3O/c10-9(11,12)6-2-1-3-7(4-6)15-8(16)14-5-13/h1-4H,(H2,14,15,16). The molecular weight excluding hydrogens is 223 g/mol. The summed E-state index contributed by atoms with van der Waals surface area (Å²) in [5.41, 5.74) is -0.912. The number of carbonyl (C=O) groups excluding carboxylic acids is 1. The highest BCUT2D eigenvalue weighted by atomic mass is 19.4. The normalized spacial score (nSPS) is 10.4. The highest BCUT2D eigenvalue weighted by Gasteiger charge is 2.30. The van der Waals surface area contributed by atoms with Crippen LogP contribution in [0.5, 0.6) is 0 Å². The smallest absolute Gasteiger partial charge is 0.307 e. The molecule has 0 aliphatic heterocycles. The van der Waals surface area contributed by atoms with Crippen LogP contribution in [0, 0.1) is 11.5 Å². The van der Waals surface area contributed by atoms with Crippen molar-refractivity contribution in [3.05, 3.63) is 29.8 Å². The first-order chi connectivity index (χ1) is 7.43. The van der Waals surface area contributed by atoms with E-state index in [1.54, 1.807) is 5.32 Å². The van der Waals surface area contributed by atoms with Gasteiger partial charge in [-0.15, -0.1) is 0 Å². The lowest BCUT2D eigenvalue weighted by Crippen LogP contribution is -2.24. The molecule has 0 saturated heterocycles. The Balaban J connectivity index is 2.84. The molecule has 0 aromatic heterocycles. The fourth-order valence-electron chi connectivity index (χ4n) is 0.986. The molecule has 0 bridgehead atoms. The minimum atomic E-state index is -4.47. The summed E-state index contributed by atoms with van der Waals surface area (Å²) in [6.45, 7) is 0. The second-order valence-electron chi connectivity index (χ2n) is 2.77. The molecule has 1 rings (SSSR count). The molecule has 0 spiro atoms. The molecule has 2 N–H and O–H groups in total. The minimum absolute atomic E-state index is 0.0393. The van der Waals surface area contributed by atoms with E-state index in [9.17, 15) is 18.0 Å². The molecule has 2 amide bonds. The summed E-state index contributed by atoms with van der Waals surface area (Å²) in [7, 11) is 0. The molecule has 0 fully saturated rings. The van der Waals surface area contributed by atoms with Gasteiger partial charge in [-0.2, -0.15) is 18.4 Å². The Morgan fingerprint density at radius 2 is 2.06 bits per heavy atom. The van der Waals surface area contributed by atoms with Crippen molar-refractivity contribution in [2.75, 3.05) is 5.32 Å². The van der Waals surface area contributed by atoms with Crippen LogP contribution in [0.2, 0.25) is 0 Å². The molecule has 1 aromatic rings.